The summed E-state index contributed by atoms with van der Waals surface area (Å²) in [4.78, 5) is 14.1. The SMILES string of the molecule is CC(C)(C)c1oncc1C(=O)N1CCCC1. The minimum Gasteiger partial charge on any atom is -0.360 e. The highest BCUT2D eigenvalue weighted by Crippen LogP contribution is 2.27. The molecule has 0 atom stereocenters. The van der Waals surface area contributed by atoms with Crippen molar-refractivity contribution >= 4 is 5.91 Å². The van der Waals surface area contributed by atoms with E-state index in [1.54, 1.807) is 6.20 Å². The maximum absolute atomic E-state index is 12.2. The lowest BCUT2D eigenvalue weighted by Gasteiger charge is -2.19. The molecule has 2 rings (SSSR count). The van der Waals surface area contributed by atoms with E-state index in [1.807, 2.05) is 25.7 Å². The number of hydrogen-bond donors (Lipinski definition) is 0. The van der Waals surface area contributed by atoms with Gasteiger partial charge in [-0.2, -0.15) is 0 Å². The number of nitrogens with zero attached hydrogens (tertiary/aromatic N) is 2. The van der Waals surface area contributed by atoms with Crippen LogP contribution in [0.25, 0.3) is 0 Å². The fourth-order valence-corrected chi connectivity index (χ4v) is 2.02. The summed E-state index contributed by atoms with van der Waals surface area (Å²) in [6.07, 6.45) is 3.74. The summed E-state index contributed by atoms with van der Waals surface area (Å²) >= 11 is 0. The molecule has 4 heteroatoms. The summed E-state index contributed by atoms with van der Waals surface area (Å²) in [6.45, 7) is 7.78. The van der Waals surface area contributed by atoms with E-state index in [1.165, 1.54) is 0 Å². The lowest BCUT2D eigenvalue weighted by molar-refractivity contribution is 0.0788. The van der Waals surface area contributed by atoms with Gasteiger partial charge in [-0.25, -0.2) is 0 Å². The molecule has 0 unspecified atom stereocenters. The molecule has 0 radical (unpaired) electrons. The predicted molar refractivity (Wildman–Crippen MR) is 60.3 cm³/mol. The molecule has 0 aromatic carbocycles. The molecule has 4 nitrogen and oxygen atoms in total. The van der Waals surface area contributed by atoms with Gasteiger partial charge in [-0.05, 0) is 12.8 Å². The molecule has 1 amide bonds. The number of carbonyl (C=O) groups excluding carboxylic acids is 1. The first-order valence-corrected chi connectivity index (χ1v) is 5.74. The van der Waals surface area contributed by atoms with Crippen LogP contribution in [0.1, 0.15) is 49.7 Å². The number of hydrogen-bond acceptors (Lipinski definition) is 3. The number of carbonyl (C=O) groups is 1. The van der Waals surface area contributed by atoms with E-state index in [0.29, 0.717) is 11.3 Å². The van der Waals surface area contributed by atoms with Crippen molar-refractivity contribution in [2.45, 2.75) is 39.0 Å². The van der Waals surface area contributed by atoms with Crippen LogP contribution in [0.4, 0.5) is 0 Å². The van der Waals surface area contributed by atoms with E-state index in [4.69, 9.17) is 4.52 Å². The molecule has 0 spiro atoms. The van der Waals surface area contributed by atoms with Gasteiger partial charge in [0.25, 0.3) is 5.91 Å². The second-order valence-corrected chi connectivity index (χ2v) is 5.32. The van der Waals surface area contributed by atoms with E-state index in [2.05, 4.69) is 5.16 Å². The molecule has 0 aliphatic carbocycles. The molecule has 0 bridgehead atoms. The van der Waals surface area contributed by atoms with Gasteiger partial charge >= 0.3 is 0 Å². The molecule has 1 aliphatic heterocycles. The van der Waals surface area contributed by atoms with Crippen molar-refractivity contribution in [2.24, 2.45) is 0 Å². The van der Waals surface area contributed by atoms with E-state index in [0.717, 1.165) is 25.9 Å². The van der Waals surface area contributed by atoms with Crippen molar-refractivity contribution in [2.75, 3.05) is 13.1 Å². The molecular formula is C12H18N2O2. The first-order valence-electron chi connectivity index (χ1n) is 5.74. The largest absolute Gasteiger partial charge is 0.360 e. The summed E-state index contributed by atoms with van der Waals surface area (Å²) in [5.74, 6) is 0.744. The van der Waals surface area contributed by atoms with Gasteiger partial charge in [-0.3, -0.25) is 4.79 Å². The minimum absolute atomic E-state index is 0.0590. The number of likely N-dealkylation sites (tertiary alicyclic amines) is 1. The van der Waals surface area contributed by atoms with Gasteiger partial charge in [0.2, 0.25) is 0 Å². The van der Waals surface area contributed by atoms with Gasteiger partial charge in [0.05, 0.1) is 6.20 Å². The number of rotatable bonds is 1. The van der Waals surface area contributed by atoms with Crippen LogP contribution in [0.2, 0.25) is 0 Å². The molecule has 2 heterocycles. The molecule has 1 aromatic heterocycles. The molecular weight excluding hydrogens is 204 g/mol. The Bertz CT molecular complexity index is 384. The Morgan fingerprint density at radius 3 is 2.56 bits per heavy atom. The van der Waals surface area contributed by atoms with Crippen LogP contribution in [-0.2, 0) is 5.41 Å². The normalized spacial score (nSPS) is 16.8. The third-order valence-corrected chi connectivity index (χ3v) is 2.88. The molecule has 0 N–H and O–H groups in total. The number of amides is 1. The summed E-state index contributed by atoms with van der Waals surface area (Å²) in [5.41, 5.74) is 0.440. The minimum atomic E-state index is -0.179. The lowest BCUT2D eigenvalue weighted by atomic mass is 9.90. The van der Waals surface area contributed by atoms with Crippen LogP contribution in [0.15, 0.2) is 10.7 Å². The van der Waals surface area contributed by atoms with Gasteiger partial charge in [-0.1, -0.05) is 25.9 Å². The van der Waals surface area contributed by atoms with Gasteiger partial charge < -0.3 is 9.42 Å². The molecule has 1 aliphatic rings. The van der Waals surface area contributed by atoms with E-state index < -0.39 is 0 Å². The summed E-state index contributed by atoms with van der Waals surface area (Å²) in [6, 6.07) is 0. The first kappa shape index (κ1) is 11.2. The fourth-order valence-electron chi connectivity index (χ4n) is 2.02. The molecule has 1 fully saturated rings. The van der Waals surface area contributed by atoms with Crippen LogP contribution < -0.4 is 0 Å². The Morgan fingerprint density at radius 1 is 1.38 bits per heavy atom. The van der Waals surface area contributed by atoms with E-state index in [9.17, 15) is 4.79 Å². The highest BCUT2D eigenvalue weighted by molar-refractivity contribution is 5.95. The Kier molecular flexibility index (Phi) is 2.74. The number of aromatic nitrogens is 1. The molecule has 16 heavy (non-hydrogen) atoms. The van der Waals surface area contributed by atoms with Crippen molar-refractivity contribution < 1.29 is 9.32 Å². The van der Waals surface area contributed by atoms with Gasteiger partial charge in [0.1, 0.15) is 5.56 Å². The standard InChI is InChI=1S/C12H18N2O2/c1-12(2,3)10-9(8-13-16-10)11(15)14-6-4-5-7-14/h8H,4-7H2,1-3H3. The summed E-state index contributed by atoms with van der Waals surface area (Å²) in [5, 5.41) is 3.76. The Balaban J connectivity index is 2.26. The average molecular weight is 222 g/mol. The van der Waals surface area contributed by atoms with Crippen molar-refractivity contribution in [3.63, 3.8) is 0 Å². The maximum atomic E-state index is 12.2. The molecule has 1 aromatic rings. The lowest BCUT2D eigenvalue weighted by Crippen LogP contribution is -2.29. The summed E-state index contributed by atoms with van der Waals surface area (Å²) in [7, 11) is 0. The van der Waals surface area contributed by atoms with Crippen molar-refractivity contribution in [3.8, 4) is 0 Å². The monoisotopic (exact) mass is 222 g/mol. The third-order valence-electron chi connectivity index (χ3n) is 2.88. The average Bonchev–Trinajstić information content (AvgIpc) is 2.87. The zero-order chi connectivity index (χ0) is 11.8. The van der Waals surface area contributed by atoms with Gasteiger partial charge in [-0.15, -0.1) is 0 Å². The molecule has 88 valence electrons. The molecule has 0 saturated carbocycles. The van der Waals surface area contributed by atoms with Gasteiger partial charge in [0, 0.05) is 18.5 Å². The zero-order valence-electron chi connectivity index (χ0n) is 10.1. The van der Waals surface area contributed by atoms with Crippen LogP contribution in [-0.4, -0.2) is 29.1 Å². The fraction of sp³-hybridized carbons (Fsp3) is 0.667. The van der Waals surface area contributed by atoms with Crippen molar-refractivity contribution in [1.29, 1.82) is 0 Å². The summed E-state index contributed by atoms with van der Waals surface area (Å²) < 4.78 is 5.21. The van der Waals surface area contributed by atoms with Crippen LogP contribution in [0.5, 0.6) is 0 Å². The Hall–Kier alpha value is -1.32. The third kappa shape index (κ3) is 1.96. The quantitative estimate of drug-likeness (QED) is 0.731. The smallest absolute Gasteiger partial charge is 0.259 e. The van der Waals surface area contributed by atoms with Crippen LogP contribution in [0, 0.1) is 0 Å². The Morgan fingerprint density at radius 2 is 2.00 bits per heavy atom. The zero-order valence-corrected chi connectivity index (χ0v) is 10.1. The first-order chi connectivity index (χ1) is 7.50. The second-order valence-electron chi connectivity index (χ2n) is 5.32. The van der Waals surface area contributed by atoms with E-state index >= 15 is 0 Å². The topological polar surface area (TPSA) is 46.3 Å². The second kappa shape index (κ2) is 3.92. The van der Waals surface area contributed by atoms with Crippen molar-refractivity contribution in [1.82, 2.24) is 10.1 Å². The van der Waals surface area contributed by atoms with Crippen molar-refractivity contribution in [3.05, 3.63) is 17.5 Å². The van der Waals surface area contributed by atoms with E-state index in [-0.39, 0.29) is 11.3 Å². The predicted octanol–water partition coefficient (Wildman–Crippen LogP) is 2.21. The maximum Gasteiger partial charge on any atom is 0.259 e. The Labute approximate surface area is 95.6 Å². The highest BCUT2D eigenvalue weighted by atomic mass is 16.5. The van der Waals surface area contributed by atoms with Crippen LogP contribution >= 0.6 is 0 Å². The van der Waals surface area contributed by atoms with Crippen LogP contribution in [0.3, 0.4) is 0 Å². The highest BCUT2D eigenvalue weighted by Gasteiger charge is 2.30. The molecule has 1 saturated heterocycles. The van der Waals surface area contributed by atoms with Gasteiger partial charge in [0.15, 0.2) is 5.76 Å².